The molecule has 1 aliphatic rings. The highest BCUT2D eigenvalue weighted by Crippen LogP contribution is 2.27. The summed E-state index contributed by atoms with van der Waals surface area (Å²) >= 11 is 1.50. The maximum Gasteiger partial charge on any atom is 0.261 e. The molecule has 0 atom stereocenters. The predicted octanol–water partition coefficient (Wildman–Crippen LogP) is 1.31. The summed E-state index contributed by atoms with van der Waals surface area (Å²) in [7, 11) is 1.91. The van der Waals surface area contributed by atoms with Crippen LogP contribution in [0.3, 0.4) is 0 Å². The Bertz CT molecular complexity index is 568. The first-order chi connectivity index (χ1) is 8.65. The van der Waals surface area contributed by atoms with Gasteiger partial charge in [-0.05, 0) is 13.0 Å². The van der Waals surface area contributed by atoms with Crippen LogP contribution in [-0.2, 0) is 7.05 Å². The van der Waals surface area contributed by atoms with E-state index in [-0.39, 0.29) is 18.3 Å². The lowest BCUT2D eigenvalue weighted by molar-refractivity contribution is 0.0946. The minimum absolute atomic E-state index is 0. The third-order valence-electron chi connectivity index (χ3n) is 3.34. The highest BCUT2D eigenvalue weighted by atomic mass is 35.5. The Kier molecular flexibility index (Phi) is 4.13. The summed E-state index contributed by atoms with van der Waals surface area (Å²) < 4.78 is 1.84. The Hall–Kier alpha value is -1.11. The van der Waals surface area contributed by atoms with E-state index in [0.29, 0.717) is 5.92 Å². The minimum atomic E-state index is 0. The first-order valence-electron chi connectivity index (χ1n) is 6.07. The van der Waals surface area contributed by atoms with E-state index in [4.69, 9.17) is 0 Å². The average molecular weight is 301 g/mol. The van der Waals surface area contributed by atoms with Gasteiger partial charge in [0.05, 0.1) is 10.6 Å². The molecule has 0 bridgehead atoms. The predicted molar refractivity (Wildman–Crippen MR) is 79.3 cm³/mol. The Morgan fingerprint density at radius 1 is 1.63 bits per heavy atom. The lowest BCUT2D eigenvalue weighted by atomic mass is 10.0. The molecule has 0 spiro atoms. The van der Waals surface area contributed by atoms with Crippen molar-refractivity contribution in [1.82, 2.24) is 20.4 Å². The van der Waals surface area contributed by atoms with E-state index >= 15 is 0 Å². The lowest BCUT2D eigenvalue weighted by Crippen LogP contribution is -2.48. The van der Waals surface area contributed by atoms with E-state index in [1.807, 2.05) is 24.7 Å². The number of hydrogen-bond acceptors (Lipinski definition) is 4. The van der Waals surface area contributed by atoms with Gasteiger partial charge in [-0.25, -0.2) is 0 Å². The zero-order valence-electron chi connectivity index (χ0n) is 10.9. The number of rotatable bonds is 3. The van der Waals surface area contributed by atoms with E-state index in [9.17, 15) is 4.79 Å². The molecule has 1 aliphatic heterocycles. The first kappa shape index (κ1) is 14.3. The second kappa shape index (κ2) is 5.48. The number of carbonyl (C=O) groups is 1. The Morgan fingerprint density at radius 2 is 2.37 bits per heavy atom. The van der Waals surface area contributed by atoms with E-state index < -0.39 is 0 Å². The molecule has 0 unspecified atom stereocenters. The molecule has 2 aromatic heterocycles. The zero-order valence-corrected chi connectivity index (χ0v) is 12.5. The van der Waals surface area contributed by atoms with Crippen molar-refractivity contribution in [1.29, 1.82) is 0 Å². The summed E-state index contributed by atoms with van der Waals surface area (Å²) in [5, 5.41) is 11.6. The molecule has 0 saturated carbocycles. The molecule has 19 heavy (non-hydrogen) atoms. The molecule has 1 saturated heterocycles. The summed E-state index contributed by atoms with van der Waals surface area (Å²) in [6.07, 6.45) is 0. The van der Waals surface area contributed by atoms with Crippen molar-refractivity contribution in [3.8, 4) is 0 Å². The van der Waals surface area contributed by atoms with Crippen LogP contribution in [0, 0.1) is 12.8 Å². The summed E-state index contributed by atoms with van der Waals surface area (Å²) in [6, 6.07) is 1.94. The second-order valence-electron chi connectivity index (χ2n) is 4.77. The van der Waals surface area contributed by atoms with E-state index in [0.717, 1.165) is 40.4 Å². The number of nitrogens with one attached hydrogen (secondary N) is 2. The van der Waals surface area contributed by atoms with Crippen LogP contribution in [0.15, 0.2) is 6.07 Å². The van der Waals surface area contributed by atoms with Crippen molar-refractivity contribution < 1.29 is 4.79 Å². The van der Waals surface area contributed by atoms with Crippen LogP contribution in [0.2, 0.25) is 0 Å². The molecule has 0 aliphatic carbocycles. The molecular weight excluding hydrogens is 284 g/mol. The van der Waals surface area contributed by atoms with Crippen LogP contribution in [0.25, 0.3) is 10.2 Å². The maximum absolute atomic E-state index is 12.0. The second-order valence-corrected chi connectivity index (χ2v) is 5.80. The van der Waals surface area contributed by atoms with Gasteiger partial charge in [0, 0.05) is 38.0 Å². The highest BCUT2D eigenvalue weighted by Gasteiger charge is 2.19. The van der Waals surface area contributed by atoms with Gasteiger partial charge in [0.1, 0.15) is 4.83 Å². The fourth-order valence-electron chi connectivity index (χ4n) is 2.13. The van der Waals surface area contributed by atoms with Crippen LogP contribution < -0.4 is 10.6 Å². The van der Waals surface area contributed by atoms with Crippen LogP contribution in [0.4, 0.5) is 0 Å². The number of fused-ring (bicyclic) bond motifs is 1. The van der Waals surface area contributed by atoms with Crippen molar-refractivity contribution in [3.05, 3.63) is 16.6 Å². The summed E-state index contributed by atoms with van der Waals surface area (Å²) in [6.45, 7) is 4.75. The molecule has 5 nitrogen and oxygen atoms in total. The van der Waals surface area contributed by atoms with Crippen molar-refractivity contribution in [2.24, 2.45) is 13.0 Å². The van der Waals surface area contributed by atoms with Gasteiger partial charge >= 0.3 is 0 Å². The summed E-state index contributed by atoms with van der Waals surface area (Å²) in [4.78, 5) is 13.9. The maximum atomic E-state index is 12.0. The summed E-state index contributed by atoms with van der Waals surface area (Å²) in [5.74, 6) is 0.620. The molecule has 2 N–H and O–H groups in total. The highest BCUT2D eigenvalue weighted by molar-refractivity contribution is 7.20. The number of halogens is 1. The SMILES string of the molecule is Cc1nn(C)c2sc(C(=O)NCC3CNC3)cc12.Cl. The number of nitrogens with zero attached hydrogens (tertiary/aromatic N) is 2. The van der Waals surface area contributed by atoms with E-state index in [2.05, 4.69) is 15.7 Å². The Labute approximate surface area is 121 Å². The number of aryl methyl sites for hydroxylation is 2. The number of thiophene rings is 1. The van der Waals surface area contributed by atoms with Gasteiger partial charge < -0.3 is 10.6 Å². The van der Waals surface area contributed by atoms with E-state index in [1.165, 1.54) is 11.3 Å². The lowest BCUT2D eigenvalue weighted by Gasteiger charge is -2.26. The molecule has 7 heteroatoms. The largest absolute Gasteiger partial charge is 0.351 e. The van der Waals surface area contributed by atoms with Crippen molar-refractivity contribution in [3.63, 3.8) is 0 Å². The van der Waals surface area contributed by atoms with Crippen LogP contribution >= 0.6 is 23.7 Å². The van der Waals surface area contributed by atoms with Crippen LogP contribution in [0.5, 0.6) is 0 Å². The molecular formula is C12H17ClN4OS. The Balaban J connectivity index is 0.00000133. The normalized spacial score (nSPS) is 15.1. The standard InChI is InChI=1S/C12H16N4OS.ClH/c1-7-9-3-10(18-12(9)16(2)15-7)11(17)14-6-8-4-13-5-8;/h3,8,13H,4-6H2,1-2H3,(H,14,17);1H. The molecule has 3 heterocycles. The van der Waals surface area contributed by atoms with Crippen molar-refractivity contribution in [2.75, 3.05) is 19.6 Å². The van der Waals surface area contributed by atoms with Crippen molar-refractivity contribution >= 4 is 39.9 Å². The molecule has 104 valence electrons. The molecule has 0 aromatic carbocycles. The van der Waals surface area contributed by atoms with Gasteiger partial charge in [-0.15, -0.1) is 23.7 Å². The van der Waals surface area contributed by atoms with Gasteiger partial charge in [-0.1, -0.05) is 0 Å². The van der Waals surface area contributed by atoms with Crippen molar-refractivity contribution in [2.45, 2.75) is 6.92 Å². The third kappa shape index (κ3) is 2.61. The third-order valence-corrected chi connectivity index (χ3v) is 4.54. The topological polar surface area (TPSA) is 59.0 Å². The number of aromatic nitrogens is 2. The summed E-state index contributed by atoms with van der Waals surface area (Å²) in [5.41, 5.74) is 0.978. The molecule has 2 aromatic rings. The molecule has 1 amide bonds. The molecule has 1 fully saturated rings. The number of carbonyl (C=O) groups excluding carboxylic acids is 1. The van der Waals surface area contributed by atoms with Gasteiger partial charge in [0.25, 0.3) is 5.91 Å². The number of amides is 1. The van der Waals surface area contributed by atoms with Gasteiger partial charge in [-0.2, -0.15) is 5.10 Å². The van der Waals surface area contributed by atoms with Crippen LogP contribution in [-0.4, -0.2) is 35.3 Å². The van der Waals surface area contributed by atoms with E-state index in [1.54, 1.807) is 0 Å². The average Bonchev–Trinajstić information content (AvgIpc) is 2.80. The molecule has 3 rings (SSSR count). The quantitative estimate of drug-likeness (QED) is 0.899. The Morgan fingerprint density at radius 3 is 2.95 bits per heavy atom. The molecule has 0 radical (unpaired) electrons. The van der Waals surface area contributed by atoms with Crippen LogP contribution in [0.1, 0.15) is 15.4 Å². The monoisotopic (exact) mass is 300 g/mol. The first-order valence-corrected chi connectivity index (χ1v) is 6.89. The smallest absolute Gasteiger partial charge is 0.261 e. The number of hydrogen-bond donors (Lipinski definition) is 2. The van der Waals surface area contributed by atoms with Gasteiger partial charge in [0.2, 0.25) is 0 Å². The van der Waals surface area contributed by atoms with Gasteiger partial charge in [0.15, 0.2) is 0 Å². The minimum Gasteiger partial charge on any atom is -0.351 e. The fraction of sp³-hybridized carbons (Fsp3) is 0.500. The fourth-order valence-corrected chi connectivity index (χ4v) is 3.17. The zero-order chi connectivity index (χ0) is 12.7. The van der Waals surface area contributed by atoms with Gasteiger partial charge in [-0.3, -0.25) is 9.48 Å².